The quantitative estimate of drug-likeness (QED) is 0.848. The van der Waals surface area contributed by atoms with Crippen molar-refractivity contribution in [2.75, 3.05) is 5.32 Å². The Hall–Kier alpha value is -1.32. The summed E-state index contributed by atoms with van der Waals surface area (Å²) in [5.41, 5.74) is 1.45. The van der Waals surface area contributed by atoms with Crippen LogP contribution < -0.4 is 5.32 Å². The third-order valence-corrected chi connectivity index (χ3v) is 2.68. The highest BCUT2D eigenvalue weighted by atomic mass is 35.5. The fourth-order valence-electron chi connectivity index (χ4n) is 1.43. The van der Waals surface area contributed by atoms with Gasteiger partial charge in [-0.2, -0.15) is 0 Å². The molecular weight excluding hydrogens is 262 g/mol. The van der Waals surface area contributed by atoms with Crippen LogP contribution in [0.25, 0.3) is 0 Å². The van der Waals surface area contributed by atoms with Gasteiger partial charge < -0.3 is 5.32 Å². The monoisotopic (exact) mass is 270 g/mol. The van der Waals surface area contributed by atoms with Crippen molar-refractivity contribution in [1.29, 1.82) is 0 Å². The van der Waals surface area contributed by atoms with Crippen LogP contribution >= 0.6 is 23.2 Å². The van der Waals surface area contributed by atoms with Gasteiger partial charge in [-0.15, -0.1) is 0 Å². The Morgan fingerprint density at radius 3 is 2.76 bits per heavy atom. The van der Waals surface area contributed by atoms with Crippen LogP contribution in [-0.4, -0.2) is 4.98 Å². The summed E-state index contributed by atoms with van der Waals surface area (Å²) in [5.74, 6) is -0.355. The molecule has 0 radical (unpaired) electrons. The predicted molar refractivity (Wildman–Crippen MR) is 68.0 cm³/mol. The summed E-state index contributed by atoms with van der Waals surface area (Å²) in [7, 11) is 0. The van der Waals surface area contributed by atoms with E-state index >= 15 is 0 Å². The molecular formula is C12H9Cl2FN2. The Balaban J connectivity index is 2.10. The Bertz CT molecular complexity index is 511. The molecule has 0 saturated carbocycles. The molecule has 0 saturated heterocycles. The fraction of sp³-hybridized carbons (Fsp3) is 0.0833. The number of anilines is 1. The minimum absolute atomic E-state index is 0.355. The van der Waals surface area contributed by atoms with E-state index in [0.29, 0.717) is 22.4 Å². The van der Waals surface area contributed by atoms with Crippen LogP contribution in [0.2, 0.25) is 10.2 Å². The van der Waals surface area contributed by atoms with E-state index in [1.54, 1.807) is 24.4 Å². The molecule has 0 atom stereocenters. The zero-order valence-corrected chi connectivity index (χ0v) is 10.3. The summed E-state index contributed by atoms with van der Waals surface area (Å²) in [5, 5.41) is 3.82. The van der Waals surface area contributed by atoms with E-state index in [9.17, 15) is 4.39 Å². The Morgan fingerprint density at radius 2 is 2.06 bits per heavy atom. The molecule has 88 valence electrons. The summed E-state index contributed by atoms with van der Waals surface area (Å²) in [4.78, 5) is 3.93. The number of halogens is 3. The molecule has 5 heteroatoms. The first-order valence-corrected chi connectivity index (χ1v) is 5.70. The normalized spacial score (nSPS) is 10.3. The van der Waals surface area contributed by atoms with Gasteiger partial charge in [0.25, 0.3) is 0 Å². The first kappa shape index (κ1) is 12.1. The second-order valence-corrected chi connectivity index (χ2v) is 4.27. The molecule has 1 N–H and O–H groups in total. The van der Waals surface area contributed by atoms with Crippen LogP contribution in [0.3, 0.4) is 0 Å². The molecule has 0 aliphatic heterocycles. The van der Waals surface area contributed by atoms with Gasteiger partial charge in [0.1, 0.15) is 5.82 Å². The maximum atomic E-state index is 13.1. The highest BCUT2D eigenvalue weighted by molar-refractivity contribution is 6.32. The molecule has 0 aliphatic carbocycles. The van der Waals surface area contributed by atoms with E-state index in [0.717, 1.165) is 5.56 Å². The molecule has 0 aliphatic rings. The molecule has 0 amide bonds. The lowest BCUT2D eigenvalue weighted by Gasteiger charge is -2.08. The van der Waals surface area contributed by atoms with Crippen LogP contribution in [-0.2, 0) is 6.54 Å². The summed E-state index contributed by atoms with van der Waals surface area (Å²) in [6.45, 7) is 0.433. The van der Waals surface area contributed by atoms with Gasteiger partial charge in [0.2, 0.25) is 0 Å². The van der Waals surface area contributed by atoms with Gasteiger partial charge >= 0.3 is 0 Å². The third kappa shape index (κ3) is 3.32. The molecule has 2 nitrogen and oxygen atoms in total. The smallest absolute Gasteiger partial charge is 0.152 e. The first-order valence-electron chi connectivity index (χ1n) is 4.94. The van der Waals surface area contributed by atoms with E-state index in [2.05, 4.69) is 10.3 Å². The summed E-state index contributed by atoms with van der Waals surface area (Å²) in [6.07, 6.45) is 1.60. The second-order valence-electron chi connectivity index (χ2n) is 3.47. The molecule has 0 spiro atoms. The van der Waals surface area contributed by atoms with Crippen molar-refractivity contribution in [2.45, 2.75) is 6.54 Å². The van der Waals surface area contributed by atoms with Crippen molar-refractivity contribution in [3.05, 3.63) is 58.1 Å². The van der Waals surface area contributed by atoms with Gasteiger partial charge in [0.15, 0.2) is 5.15 Å². The maximum Gasteiger partial charge on any atom is 0.152 e. The van der Waals surface area contributed by atoms with Gasteiger partial charge in [-0.1, -0.05) is 23.2 Å². The molecule has 0 bridgehead atoms. The average molecular weight is 271 g/mol. The number of hydrogen-bond donors (Lipinski definition) is 1. The number of aromatic nitrogens is 1. The highest BCUT2D eigenvalue weighted by Gasteiger charge is 2.02. The number of nitrogens with one attached hydrogen (secondary N) is 1. The molecule has 17 heavy (non-hydrogen) atoms. The Morgan fingerprint density at radius 1 is 1.24 bits per heavy atom. The number of hydrogen-bond acceptors (Lipinski definition) is 2. The highest BCUT2D eigenvalue weighted by Crippen LogP contribution is 2.20. The lowest BCUT2D eigenvalue weighted by molar-refractivity contribution is 0.626. The summed E-state index contributed by atoms with van der Waals surface area (Å²) in [6, 6.07) is 7.95. The molecule has 1 heterocycles. The third-order valence-electron chi connectivity index (χ3n) is 2.16. The Kier molecular flexibility index (Phi) is 3.82. The van der Waals surface area contributed by atoms with Crippen LogP contribution in [0.4, 0.5) is 10.1 Å². The van der Waals surface area contributed by atoms with Crippen molar-refractivity contribution < 1.29 is 4.39 Å². The molecule has 2 aromatic rings. The Labute approximate surface area is 108 Å². The van der Waals surface area contributed by atoms with E-state index in [1.165, 1.54) is 12.1 Å². The molecule has 2 rings (SSSR count). The van der Waals surface area contributed by atoms with Crippen molar-refractivity contribution in [1.82, 2.24) is 4.98 Å². The van der Waals surface area contributed by atoms with Crippen molar-refractivity contribution in [2.24, 2.45) is 0 Å². The van der Waals surface area contributed by atoms with Crippen LogP contribution in [0.1, 0.15) is 5.56 Å². The summed E-state index contributed by atoms with van der Waals surface area (Å²) >= 11 is 11.6. The van der Waals surface area contributed by atoms with E-state index in [-0.39, 0.29) is 5.82 Å². The van der Waals surface area contributed by atoms with Crippen molar-refractivity contribution in [3.63, 3.8) is 0 Å². The van der Waals surface area contributed by atoms with Crippen LogP contribution in [0.15, 0.2) is 36.5 Å². The van der Waals surface area contributed by atoms with E-state index < -0.39 is 0 Å². The maximum absolute atomic E-state index is 13.1. The van der Waals surface area contributed by atoms with E-state index in [1.807, 2.05) is 0 Å². The predicted octanol–water partition coefficient (Wildman–Crippen LogP) is 4.14. The molecule has 1 aromatic carbocycles. The van der Waals surface area contributed by atoms with Gasteiger partial charge in [-0.3, -0.25) is 0 Å². The lowest BCUT2D eigenvalue weighted by Crippen LogP contribution is -2.01. The number of benzene rings is 1. The van der Waals surface area contributed by atoms with Gasteiger partial charge in [0, 0.05) is 17.8 Å². The zero-order chi connectivity index (χ0) is 12.3. The minimum Gasteiger partial charge on any atom is -0.378 e. The van der Waals surface area contributed by atoms with Crippen molar-refractivity contribution >= 4 is 28.9 Å². The van der Waals surface area contributed by atoms with Crippen LogP contribution in [0.5, 0.6) is 0 Å². The van der Waals surface area contributed by atoms with Crippen molar-refractivity contribution in [3.8, 4) is 0 Å². The minimum atomic E-state index is -0.355. The van der Waals surface area contributed by atoms with E-state index in [4.69, 9.17) is 23.2 Å². The largest absolute Gasteiger partial charge is 0.378 e. The first-order chi connectivity index (χ1) is 8.15. The summed E-state index contributed by atoms with van der Waals surface area (Å²) < 4.78 is 13.1. The zero-order valence-electron chi connectivity index (χ0n) is 8.75. The molecule has 0 fully saturated rings. The molecule has 1 aromatic heterocycles. The number of rotatable bonds is 3. The average Bonchev–Trinajstić information content (AvgIpc) is 2.27. The van der Waals surface area contributed by atoms with Gasteiger partial charge in [-0.25, -0.2) is 9.37 Å². The second kappa shape index (κ2) is 5.34. The van der Waals surface area contributed by atoms with Gasteiger partial charge in [-0.05, 0) is 35.9 Å². The number of pyridine rings is 1. The fourth-order valence-corrected chi connectivity index (χ4v) is 1.86. The SMILES string of the molecule is Fc1cc(Cl)cc(CNc2cccnc2Cl)c1. The standard InChI is InChI=1S/C12H9Cl2FN2/c13-9-4-8(5-10(15)6-9)7-17-11-2-1-3-16-12(11)14/h1-6,17H,7H2. The lowest BCUT2D eigenvalue weighted by atomic mass is 10.2. The van der Waals surface area contributed by atoms with Gasteiger partial charge in [0.05, 0.1) is 5.69 Å². The van der Waals surface area contributed by atoms with Crippen LogP contribution in [0, 0.1) is 5.82 Å². The molecule has 0 unspecified atom stereocenters. The number of nitrogens with zero attached hydrogens (tertiary/aromatic N) is 1. The topological polar surface area (TPSA) is 24.9 Å².